The average molecular weight is 256 g/mol. The van der Waals surface area contributed by atoms with E-state index in [4.69, 9.17) is 9.84 Å². The Morgan fingerprint density at radius 2 is 2.06 bits per heavy atom. The molecule has 17 heavy (non-hydrogen) atoms. The zero-order valence-corrected chi connectivity index (χ0v) is 10.2. The molecule has 0 atom stereocenters. The normalized spacial score (nSPS) is 11.6. The van der Waals surface area contributed by atoms with Crippen LogP contribution in [0, 0.1) is 6.92 Å². The highest BCUT2D eigenvalue weighted by molar-refractivity contribution is 7.94. The fourth-order valence-electron chi connectivity index (χ4n) is 1.25. The SMILES string of the molecule is COc1ccc(S(=O)(=O)/C=C/C(=O)O)cc1C. The molecule has 0 unspecified atom stereocenters. The van der Waals surface area contributed by atoms with Crippen molar-refractivity contribution in [2.45, 2.75) is 11.8 Å². The lowest BCUT2D eigenvalue weighted by Gasteiger charge is -2.06. The van der Waals surface area contributed by atoms with E-state index in [0.29, 0.717) is 22.8 Å². The van der Waals surface area contributed by atoms with Crippen LogP contribution in [0.25, 0.3) is 0 Å². The summed E-state index contributed by atoms with van der Waals surface area (Å²) in [4.78, 5) is 10.3. The largest absolute Gasteiger partial charge is 0.496 e. The number of carboxylic acids is 1. The van der Waals surface area contributed by atoms with Crippen molar-refractivity contribution >= 4 is 15.8 Å². The highest BCUT2D eigenvalue weighted by atomic mass is 32.2. The number of hydrogen-bond donors (Lipinski definition) is 1. The molecule has 5 nitrogen and oxygen atoms in total. The van der Waals surface area contributed by atoms with Gasteiger partial charge in [-0.2, -0.15) is 0 Å². The quantitative estimate of drug-likeness (QED) is 0.823. The maximum atomic E-state index is 11.7. The molecule has 0 fully saturated rings. The first kappa shape index (κ1) is 13.2. The Hall–Kier alpha value is -1.82. The first-order chi connectivity index (χ1) is 7.86. The van der Waals surface area contributed by atoms with Gasteiger partial charge in [-0.3, -0.25) is 0 Å². The fourth-order valence-corrected chi connectivity index (χ4v) is 2.31. The number of sulfone groups is 1. The predicted molar refractivity (Wildman–Crippen MR) is 61.7 cm³/mol. The van der Waals surface area contributed by atoms with Crippen molar-refractivity contribution in [3.8, 4) is 5.75 Å². The molecule has 0 heterocycles. The maximum Gasteiger partial charge on any atom is 0.329 e. The standard InChI is InChI=1S/C11H12O5S/c1-8-7-9(3-4-10(8)16-2)17(14,15)6-5-11(12)13/h3-7H,1-2H3,(H,12,13)/b6-5+. The fraction of sp³-hybridized carbons (Fsp3) is 0.182. The van der Waals surface area contributed by atoms with Gasteiger partial charge in [0.15, 0.2) is 9.84 Å². The monoisotopic (exact) mass is 256 g/mol. The molecule has 0 aliphatic carbocycles. The third-order valence-electron chi connectivity index (χ3n) is 2.08. The van der Waals surface area contributed by atoms with Gasteiger partial charge in [-0.1, -0.05) is 0 Å². The van der Waals surface area contributed by atoms with Crippen LogP contribution in [0.5, 0.6) is 5.75 Å². The van der Waals surface area contributed by atoms with Crippen molar-refractivity contribution in [2.24, 2.45) is 0 Å². The molecule has 0 saturated heterocycles. The number of aliphatic carboxylic acids is 1. The number of methoxy groups -OCH3 is 1. The number of rotatable bonds is 4. The van der Waals surface area contributed by atoms with E-state index in [-0.39, 0.29) is 4.90 Å². The van der Waals surface area contributed by atoms with Crippen LogP contribution < -0.4 is 4.74 Å². The summed E-state index contributed by atoms with van der Waals surface area (Å²) in [7, 11) is -2.23. The molecule has 92 valence electrons. The average Bonchev–Trinajstić information content (AvgIpc) is 2.26. The second-order valence-corrected chi connectivity index (χ2v) is 5.15. The molecule has 0 amide bonds. The third-order valence-corrected chi connectivity index (χ3v) is 3.49. The molecule has 0 saturated carbocycles. The lowest BCUT2D eigenvalue weighted by molar-refractivity contribution is -0.131. The van der Waals surface area contributed by atoms with Gasteiger partial charge in [0.25, 0.3) is 0 Å². The number of ether oxygens (including phenoxy) is 1. The van der Waals surface area contributed by atoms with Gasteiger partial charge in [-0.05, 0) is 30.7 Å². The summed E-state index contributed by atoms with van der Waals surface area (Å²) in [6.45, 7) is 1.71. The van der Waals surface area contributed by atoms with Gasteiger partial charge in [-0.25, -0.2) is 13.2 Å². The van der Waals surface area contributed by atoms with E-state index in [9.17, 15) is 13.2 Å². The molecule has 1 aromatic rings. The van der Waals surface area contributed by atoms with Crippen LogP contribution in [-0.2, 0) is 14.6 Å². The minimum absolute atomic E-state index is 0.0355. The van der Waals surface area contributed by atoms with Crippen molar-refractivity contribution in [2.75, 3.05) is 7.11 Å². The van der Waals surface area contributed by atoms with Gasteiger partial charge in [0, 0.05) is 11.5 Å². The first-order valence-electron chi connectivity index (χ1n) is 4.67. The summed E-state index contributed by atoms with van der Waals surface area (Å²) in [6.07, 6.45) is 0.592. The second kappa shape index (κ2) is 5.01. The van der Waals surface area contributed by atoms with Gasteiger partial charge in [0.05, 0.1) is 12.0 Å². The molecule has 0 aromatic heterocycles. The Balaban J connectivity index is 3.17. The number of hydrogen-bond acceptors (Lipinski definition) is 4. The highest BCUT2D eigenvalue weighted by Gasteiger charge is 2.12. The molecular formula is C11H12O5S. The number of benzene rings is 1. The summed E-state index contributed by atoms with van der Waals surface area (Å²) < 4.78 is 28.4. The zero-order chi connectivity index (χ0) is 13.1. The summed E-state index contributed by atoms with van der Waals surface area (Å²) >= 11 is 0. The molecule has 1 aromatic carbocycles. The lowest BCUT2D eigenvalue weighted by atomic mass is 10.2. The molecule has 0 aliphatic rings. The molecule has 0 radical (unpaired) electrons. The van der Waals surface area contributed by atoms with Crippen LogP contribution in [0.3, 0.4) is 0 Å². The minimum Gasteiger partial charge on any atom is -0.496 e. The van der Waals surface area contributed by atoms with Crippen molar-refractivity contribution < 1.29 is 23.1 Å². The van der Waals surface area contributed by atoms with E-state index in [1.165, 1.54) is 25.3 Å². The van der Waals surface area contributed by atoms with Gasteiger partial charge in [0.2, 0.25) is 0 Å². The van der Waals surface area contributed by atoms with E-state index in [1.807, 2.05) is 0 Å². The van der Waals surface area contributed by atoms with Crippen LogP contribution >= 0.6 is 0 Å². The molecule has 0 bridgehead atoms. The number of aryl methyl sites for hydroxylation is 1. The molecule has 0 spiro atoms. The van der Waals surface area contributed by atoms with Gasteiger partial charge < -0.3 is 9.84 Å². The topological polar surface area (TPSA) is 80.7 Å². The predicted octanol–water partition coefficient (Wildman–Crippen LogP) is 1.38. The van der Waals surface area contributed by atoms with E-state index >= 15 is 0 Å². The summed E-state index contributed by atoms with van der Waals surface area (Å²) in [5, 5.41) is 9.05. The van der Waals surface area contributed by atoms with Crippen molar-refractivity contribution in [1.29, 1.82) is 0 Å². The maximum absolute atomic E-state index is 11.7. The molecule has 6 heteroatoms. The van der Waals surface area contributed by atoms with E-state index in [0.717, 1.165) is 0 Å². The van der Waals surface area contributed by atoms with Gasteiger partial charge in [0.1, 0.15) is 5.75 Å². The third kappa shape index (κ3) is 3.32. The van der Waals surface area contributed by atoms with Crippen molar-refractivity contribution in [3.05, 3.63) is 35.2 Å². The second-order valence-electron chi connectivity index (χ2n) is 3.32. The Morgan fingerprint density at radius 3 is 2.53 bits per heavy atom. The first-order valence-corrected chi connectivity index (χ1v) is 6.22. The number of carboxylic acid groups (broad SMARTS) is 1. The van der Waals surface area contributed by atoms with Crippen LogP contribution in [0.2, 0.25) is 0 Å². The summed E-state index contributed by atoms with van der Waals surface area (Å²) in [5.74, 6) is -0.732. The molecular weight excluding hydrogens is 244 g/mol. The van der Waals surface area contributed by atoms with Crippen LogP contribution in [0.4, 0.5) is 0 Å². The van der Waals surface area contributed by atoms with Gasteiger partial charge >= 0.3 is 5.97 Å². The number of carbonyl (C=O) groups is 1. The van der Waals surface area contributed by atoms with Crippen LogP contribution in [0.1, 0.15) is 5.56 Å². The van der Waals surface area contributed by atoms with Crippen molar-refractivity contribution in [1.82, 2.24) is 0 Å². The highest BCUT2D eigenvalue weighted by Crippen LogP contribution is 2.22. The summed E-state index contributed by atoms with van der Waals surface area (Å²) in [6, 6.07) is 4.32. The van der Waals surface area contributed by atoms with Crippen LogP contribution in [0.15, 0.2) is 34.6 Å². The summed E-state index contributed by atoms with van der Waals surface area (Å²) in [5.41, 5.74) is 0.664. The van der Waals surface area contributed by atoms with E-state index in [2.05, 4.69) is 0 Å². The van der Waals surface area contributed by atoms with E-state index in [1.54, 1.807) is 6.92 Å². The molecule has 1 rings (SSSR count). The Morgan fingerprint density at radius 1 is 1.41 bits per heavy atom. The minimum atomic E-state index is -3.72. The molecule has 1 N–H and O–H groups in total. The lowest BCUT2D eigenvalue weighted by Crippen LogP contribution is -1.99. The molecule has 0 aliphatic heterocycles. The Labute approximate surface area is 99.3 Å². The Bertz CT molecular complexity index is 557. The van der Waals surface area contributed by atoms with Crippen LogP contribution in [-0.4, -0.2) is 26.6 Å². The smallest absolute Gasteiger partial charge is 0.329 e. The van der Waals surface area contributed by atoms with Crippen molar-refractivity contribution in [3.63, 3.8) is 0 Å². The zero-order valence-electron chi connectivity index (χ0n) is 9.38. The Kier molecular flexibility index (Phi) is 3.90. The van der Waals surface area contributed by atoms with E-state index < -0.39 is 15.8 Å². The van der Waals surface area contributed by atoms with Gasteiger partial charge in [-0.15, -0.1) is 0 Å².